The van der Waals surface area contributed by atoms with Crippen LogP contribution in [0.5, 0.6) is 11.5 Å². The summed E-state index contributed by atoms with van der Waals surface area (Å²) < 4.78 is 16.2. The van der Waals surface area contributed by atoms with Crippen LogP contribution >= 0.6 is 0 Å². The van der Waals surface area contributed by atoms with Crippen LogP contribution in [0.3, 0.4) is 0 Å². The lowest BCUT2D eigenvalue weighted by atomic mass is 10.2. The van der Waals surface area contributed by atoms with Gasteiger partial charge in [0.05, 0.1) is 7.11 Å². The number of methoxy groups -OCH3 is 1. The van der Waals surface area contributed by atoms with E-state index >= 15 is 0 Å². The summed E-state index contributed by atoms with van der Waals surface area (Å²) in [4.78, 5) is 14.4. The molecule has 0 saturated carbocycles. The minimum atomic E-state index is -0.856. The van der Waals surface area contributed by atoms with E-state index in [2.05, 4.69) is 9.68 Å². The van der Waals surface area contributed by atoms with E-state index in [1.807, 2.05) is 13.8 Å². The van der Waals surface area contributed by atoms with Gasteiger partial charge >= 0.3 is 5.97 Å². The van der Waals surface area contributed by atoms with Crippen LogP contribution in [0.25, 0.3) is 0 Å². The first-order valence-electron chi connectivity index (χ1n) is 4.39. The van der Waals surface area contributed by atoms with Gasteiger partial charge in [-0.3, -0.25) is 4.94 Å². The van der Waals surface area contributed by atoms with Crippen LogP contribution in [0.4, 0.5) is 4.53 Å². The lowest BCUT2D eigenvalue weighted by Crippen LogP contribution is -2.03. The van der Waals surface area contributed by atoms with Crippen LogP contribution in [0.2, 0.25) is 0 Å². The zero-order chi connectivity index (χ0) is 11.8. The summed E-state index contributed by atoms with van der Waals surface area (Å²) in [7, 11) is 1.12. The summed E-state index contributed by atoms with van der Waals surface area (Å²) in [6.45, 7) is 4.00. The van der Waals surface area contributed by atoms with Gasteiger partial charge in [-0.05, 0) is 12.1 Å². The lowest BCUT2D eigenvalue weighted by molar-refractivity contribution is -0.00839. The van der Waals surface area contributed by atoms with Crippen LogP contribution in [-0.4, -0.2) is 18.2 Å². The molecule has 0 aliphatic heterocycles. The number of benzene rings is 1. The number of hydrogen-bond acceptors (Lipinski definition) is 4. The van der Waals surface area contributed by atoms with Gasteiger partial charge in [0.15, 0.2) is 5.75 Å². The molecule has 0 saturated heterocycles. The van der Waals surface area contributed by atoms with Crippen molar-refractivity contribution in [2.75, 3.05) is 7.11 Å². The van der Waals surface area contributed by atoms with Crippen molar-refractivity contribution in [3.8, 4) is 11.5 Å². The Hall–Kier alpha value is -1.78. The first-order chi connectivity index (χ1) is 7.20. The molecule has 0 spiro atoms. The van der Waals surface area contributed by atoms with Crippen molar-refractivity contribution in [2.45, 2.75) is 13.8 Å². The third-order valence-electron chi connectivity index (χ3n) is 1.48. The van der Waals surface area contributed by atoms with Gasteiger partial charge in [0.1, 0.15) is 11.3 Å². The molecule has 4 nitrogen and oxygen atoms in total. The number of aromatic hydroxyl groups is 1. The fraction of sp³-hybridized carbons (Fsp3) is 0.300. The lowest BCUT2D eigenvalue weighted by Gasteiger charge is -2.04. The topological polar surface area (TPSA) is 55.8 Å². The number of phenols is 1. The van der Waals surface area contributed by atoms with E-state index in [-0.39, 0.29) is 17.1 Å². The van der Waals surface area contributed by atoms with E-state index < -0.39 is 5.97 Å². The molecule has 0 aliphatic carbocycles. The quantitative estimate of drug-likeness (QED) is 0.771. The molecule has 0 aliphatic rings. The van der Waals surface area contributed by atoms with Gasteiger partial charge in [-0.15, -0.1) is 0 Å². The first kappa shape index (κ1) is 13.2. The molecule has 15 heavy (non-hydrogen) atoms. The zero-order valence-electron chi connectivity index (χ0n) is 8.78. The maximum absolute atomic E-state index is 11.8. The van der Waals surface area contributed by atoms with Gasteiger partial charge in [0.2, 0.25) is 0 Å². The second-order valence-corrected chi connectivity index (χ2v) is 2.22. The Morgan fingerprint density at radius 2 is 2.00 bits per heavy atom. The molecular formula is C10H13FO4. The van der Waals surface area contributed by atoms with E-state index in [0.717, 1.165) is 7.11 Å². The Bertz CT molecular complexity index is 325. The highest BCUT2D eigenvalue weighted by molar-refractivity contribution is 5.95. The first-order valence-corrected chi connectivity index (χ1v) is 4.39. The number of halogens is 1. The molecule has 0 unspecified atom stereocenters. The van der Waals surface area contributed by atoms with Crippen molar-refractivity contribution in [2.24, 2.45) is 0 Å². The van der Waals surface area contributed by atoms with Crippen LogP contribution in [0, 0.1) is 0 Å². The number of carbonyl (C=O) groups is 1. The van der Waals surface area contributed by atoms with E-state index in [4.69, 9.17) is 0 Å². The molecule has 0 amide bonds. The number of rotatable bonds is 2. The van der Waals surface area contributed by atoms with E-state index in [0.29, 0.717) is 0 Å². The predicted octanol–water partition coefficient (Wildman–Crippen LogP) is 2.47. The third kappa shape index (κ3) is 3.12. The summed E-state index contributed by atoms with van der Waals surface area (Å²) in [6, 6.07) is 3.78. The molecule has 84 valence electrons. The van der Waals surface area contributed by atoms with E-state index in [1.54, 1.807) is 0 Å². The van der Waals surface area contributed by atoms with Crippen LogP contribution < -0.4 is 4.94 Å². The standard InChI is InChI=1S/C8H7FO4.C2H6/c1-12-8(11)7-5(10)3-2-4-6(7)13-9;1-2/h2-4,10H,1H3;1-2H3. The molecule has 0 atom stereocenters. The molecule has 1 rings (SSSR count). The van der Waals surface area contributed by atoms with Crippen molar-refractivity contribution in [3.63, 3.8) is 0 Å². The van der Waals surface area contributed by atoms with Crippen molar-refractivity contribution in [1.29, 1.82) is 0 Å². The van der Waals surface area contributed by atoms with Crippen molar-refractivity contribution < 1.29 is 24.1 Å². The van der Waals surface area contributed by atoms with Gasteiger partial charge in [-0.2, -0.15) is 0 Å². The molecule has 0 bridgehead atoms. The Balaban J connectivity index is 0.000000921. The average molecular weight is 216 g/mol. The number of ether oxygens (including phenoxy) is 1. The maximum atomic E-state index is 11.8. The highest BCUT2D eigenvalue weighted by Crippen LogP contribution is 2.28. The minimum absolute atomic E-state index is 0.326. The maximum Gasteiger partial charge on any atom is 0.345 e. The summed E-state index contributed by atoms with van der Waals surface area (Å²) in [6.07, 6.45) is 0. The largest absolute Gasteiger partial charge is 0.507 e. The molecule has 1 aromatic carbocycles. The van der Waals surface area contributed by atoms with Gasteiger partial charge < -0.3 is 9.84 Å². The summed E-state index contributed by atoms with van der Waals surface area (Å²) in [5.41, 5.74) is -0.326. The summed E-state index contributed by atoms with van der Waals surface area (Å²) >= 11 is 0. The van der Waals surface area contributed by atoms with Gasteiger partial charge in [0, 0.05) is 4.53 Å². The molecule has 1 aromatic rings. The molecule has 5 heteroatoms. The highest BCUT2D eigenvalue weighted by atomic mass is 19.3. The smallest absolute Gasteiger partial charge is 0.345 e. The molecule has 0 heterocycles. The number of hydrogen-bond donors (Lipinski definition) is 1. The fourth-order valence-electron chi connectivity index (χ4n) is 0.891. The summed E-state index contributed by atoms with van der Waals surface area (Å²) in [5, 5.41) is 9.18. The van der Waals surface area contributed by atoms with Gasteiger partial charge in [0.25, 0.3) is 0 Å². The summed E-state index contributed by atoms with van der Waals surface area (Å²) in [5.74, 6) is -1.61. The normalized spacial score (nSPS) is 8.53. The Kier molecular flexibility index (Phi) is 5.85. The molecule has 1 N–H and O–H groups in total. The fourth-order valence-corrected chi connectivity index (χ4v) is 0.891. The average Bonchev–Trinajstić information content (AvgIpc) is 2.30. The molecule has 0 radical (unpaired) electrons. The molecule has 0 fully saturated rings. The minimum Gasteiger partial charge on any atom is -0.507 e. The van der Waals surface area contributed by atoms with Crippen LogP contribution in [0.15, 0.2) is 18.2 Å². The SMILES string of the molecule is CC.COC(=O)c1c(O)cccc1OF. The van der Waals surface area contributed by atoms with Crippen molar-refractivity contribution in [1.82, 2.24) is 0 Å². The Morgan fingerprint density at radius 1 is 1.40 bits per heavy atom. The molecular weight excluding hydrogens is 203 g/mol. The van der Waals surface area contributed by atoms with Gasteiger partial charge in [-0.1, -0.05) is 19.9 Å². The Morgan fingerprint density at radius 3 is 2.47 bits per heavy atom. The highest BCUT2D eigenvalue weighted by Gasteiger charge is 2.18. The number of carbonyl (C=O) groups excluding carboxylic acids is 1. The third-order valence-corrected chi connectivity index (χ3v) is 1.48. The van der Waals surface area contributed by atoms with Crippen molar-refractivity contribution in [3.05, 3.63) is 23.8 Å². The second-order valence-electron chi connectivity index (χ2n) is 2.22. The van der Waals surface area contributed by atoms with E-state index in [9.17, 15) is 14.4 Å². The molecule has 0 aromatic heterocycles. The van der Waals surface area contributed by atoms with Crippen molar-refractivity contribution >= 4 is 5.97 Å². The van der Waals surface area contributed by atoms with Crippen LogP contribution in [-0.2, 0) is 4.74 Å². The van der Waals surface area contributed by atoms with Gasteiger partial charge in [-0.25, -0.2) is 4.79 Å². The Labute approximate surface area is 87.1 Å². The second kappa shape index (κ2) is 6.64. The number of esters is 1. The van der Waals surface area contributed by atoms with Crippen LogP contribution in [0.1, 0.15) is 24.2 Å². The monoisotopic (exact) mass is 216 g/mol. The van der Waals surface area contributed by atoms with E-state index in [1.165, 1.54) is 18.2 Å². The zero-order valence-corrected chi connectivity index (χ0v) is 8.78. The predicted molar refractivity (Wildman–Crippen MR) is 52.5 cm³/mol. The number of phenolic OH excluding ortho intramolecular Hbond substituents is 1.